The van der Waals surface area contributed by atoms with E-state index in [2.05, 4.69) is 23.5 Å². The fourth-order valence-corrected chi connectivity index (χ4v) is 2.00. The molecule has 0 aliphatic heterocycles. The van der Waals surface area contributed by atoms with Crippen molar-refractivity contribution in [2.24, 2.45) is 7.05 Å². The van der Waals surface area contributed by atoms with Gasteiger partial charge in [0, 0.05) is 19.3 Å². The Morgan fingerprint density at radius 2 is 2.38 bits per heavy atom. The lowest BCUT2D eigenvalue weighted by molar-refractivity contribution is 0.296. The molecule has 13 heavy (non-hydrogen) atoms. The van der Waals surface area contributed by atoms with E-state index in [1.54, 1.807) is 0 Å². The SMILES string of the molecule is CCNC1CC(c2cnn(C)c2)C1. The second-order valence-electron chi connectivity index (χ2n) is 3.87. The molecular weight excluding hydrogens is 162 g/mol. The van der Waals surface area contributed by atoms with Crippen LogP contribution in [0.25, 0.3) is 0 Å². The quantitative estimate of drug-likeness (QED) is 0.757. The van der Waals surface area contributed by atoms with E-state index in [9.17, 15) is 0 Å². The summed E-state index contributed by atoms with van der Waals surface area (Å²) in [4.78, 5) is 0. The molecular formula is C10H17N3. The van der Waals surface area contributed by atoms with Crippen LogP contribution in [0.5, 0.6) is 0 Å². The van der Waals surface area contributed by atoms with Crippen LogP contribution >= 0.6 is 0 Å². The van der Waals surface area contributed by atoms with Gasteiger partial charge >= 0.3 is 0 Å². The van der Waals surface area contributed by atoms with Crippen LogP contribution in [-0.4, -0.2) is 22.4 Å². The minimum atomic E-state index is 0.746. The molecule has 1 aromatic heterocycles. The molecule has 1 N–H and O–H groups in total. The van der Waals surface area contributed by atoms with Gasteiger partial charge in [0.1, 0.15) is 0 Å². The summed E-state index contributed by atoms with van der Waals surface area (Å²) in [5, 5.41) is 7.65. The Labute approximate surface area is 79.1 Å². The zero-order valence-electron chi connectivity index (χ0n) is 8.33. The molecule has 0 bridgehead atoms. The smallest absolute Gasteiger partial charge is 0.0524 e. The maximum absolute atomic E-state index is 4.19. The van der Waals surface area contributed by atoms with Crippen molar-refractivity contribution >= 4 is 0 Å². The molecule has 1 saturated carbocycles. The van der Waals surface area contributed by atoms with Gasteiger partial charge < -0.3 is 5.32 Å². The highest BCUT2D eigenvalue weighted by Gasteiger charge is 2.29. The number of nitrogens with one attached hydrogen (secondary N) is 1. The maximum atomic E-state index is 4.19. The predicted molar refractivity (Wildman–Crippen MR) is 52.6 cm³/mol. The Bertz CT molecular complexity index is 273. The number of rotatable bonds is 3. The van der Waals surface area contributed by atoms with Crippen molar-refractivity contribution in [2.75, 3.05) is 6.54 Å². The molecule has 1 fully saturated rings. The van der Waals surface area contributed by atoms with Gasteiger partial charge in [-0.3, -0.25) is 4.68 Å². The van der Waals surface area contributed by atoms with Crippen LogP contribution in [0.4, 0.5) is 0 Å². The van der Waals surface area contributed by atoms with Gasteiger partial charge in [-0.2, -0.15) is 5.10 Å². The first-order chi connectivity index (χ1) is 6.29. The minimum Gasteiger partial charge on any atom is -0.314 e. The molecule has 0 aromatic carbocycles. The molecule has 1 heterocycles. The van der Waals surface area contributed by atoms with Gasteiger partial charge in [-0.1, -0.05) is 6.92 Å². The first-order valence-electron chi connectivity index (χ1n) is 5.01. The largest absolute Gasteiger partial charge is 0.314 e. The number of hydrogen-bond donors (Lipinski definition) is 1. The topological polar surface area (TPSA) is 29.9 Å². The predicted octanol–water partition coefficient (Wildman–Crippen LogP) is 1.28. The average molecular weight is 179 g/mol. The Morgan fingerprint density at radius 1 is 1.62 bits per heavy atom. The molecule has 3 nitrogen and oxygen atoms in total. The van der Waals surface area contributed by atoms with Crippen LogP contribution in [0.2, 0.25) is 0 Å². The molecule has 3 heteroatoms. The van der Waals surface area contributed by atoms with Crippen molar-refractivity contribution in [2.45, 2.75) is 31.7 Å². The van der Waals surface area contributed by atoms with Crippen LogP contribution in [-0.2, 0) is 7.05 Å². The van der Waals surface area contributed by atoms with Crippen molar-refractivity contribution in [3.05, 3.63) is 18.0 Å². The lowest BCUT2D eigenvalue weighted by Gasteiger charge is -2.35. The lowest BCUT2D eigenvalue weighted by Crippen LogP contribution is -2.39. The van der Waals surface area contributed by atoms with E-state index in [4.69, 9.17) is 0 Å². The molecule has 2 rings (SSSR count). The van der Waals surface area contributed by atoms with Crippen LogP contribution in [0.15, 0.2) is 12.4 Å². The number of aromatic nitrogens is 2. The van der Waals surface area contributed by atoms with Gasteiger partial charge in [0.25, 0.3) is 0 Å². The highest BCUT2D eigenvalue weighted by Crippen LogP contribution is 2.36. The first-order valence-corrected chi connectivity index (χ1v) is 5.01. The molecule has 1 aliphatic carbocycles. The fourth-order valence-electron chi connectivity index (χ4n) is 2.00. The van der Waals surface area contributed by atoms with E-state index in [1.165, 1.54) is 18.4 Å². The van der Waals surface area contributed by atoms with Crippen LogP contribution in [0.3, 0.4) is 0 Å². The molecule has 0 spiro atoms. The molecule has 1 aromatic rings. The van der Waals surface area contributed by atoms with E-state index < -0.39 is 0 Å². The zero-order chi connectivity index (χ0) is 9.26. The van der Waals surface area contributed by atoms with Crippen LogP contribution in [0, 0.1) is 0 Å². The third-order valence-corrected chi connectivity index (χ3v) is 2.83. The summed E-state index contributed by atoms with van der Waals surface area (Å²) in [5.74, 6) is 0.748. The van der Waals surface area contributed by atoms with Crippen molar-refractivity contribution in [3.8, 4) is 0 Å². The molecule has 0 radical (unpaired) electrons. The first kappa shape index (κ1) is 8.75. The molecule has 0 amide bonds. The van der Waals surface area contributed by atoms with Crippen LogP contribution < -0.4 is 5.32 Å². The fraction of sp³-hybridized carbons (Fsp3) is 0.700. The van der Waals surface area contributed by atoms with Crippen molar-refractivity contribution in [3.63, 3.8) is 0 Å². The normalized spacial score (nSPS) is 27.2. The molecule has 0 saturated heterocycles. The molecule has 0 unspecified atom stereocenters. The van der Waals surface area contributed by atoms with Crippen molar-refractivity contribution in [1.29, 1.82) is 0 Å². The number of aryl methyl sites for hydroxylation is 1. The monoisotopic (exact) mass is 179 g/mol. The van der Waals surface area contributed by atoms with Crippen molar-refractivity contribution < 1.29 is 0 Å². The summed E-state index contributed by atoms with van der Waals surface area (Å²) in [6, 6.07) is 0.746. The van der Waals surface area contributed by atoms with Crippen molar-refractivity contribution in [1.82, 2.24) is 15.1 Å². The maximum Gasteiger partial charge on any atom is 0.0524 e. The van der Waals surface area contributed by atoms with E-state index in [-0.39, 0.29) is 0 Å². The standard InChI is InChI=1S/C10H17N3/c1-3-11-10-4-8(5-10)9-6-12-13(2)7-9/h6-8,10-11H,3-5H2,1-2H3. The Kier molecular flexibility index (Phi) is 2.36. The van der Waals surface area contributed by atoms with Crippen LogP contribution in [0.1, 0.15) is 31.2 Å². The summed E-state index contributed by atoms with van der Waals surface area (Å²) >= 11 is 0. The van der Waals surface area contributed by atoms with Gasteiger partial charge in [-0.05, 0) is 30.9 Å². The minimum absolute atomic E-state index is 0.746. The van der Waals surface area contributed by atoms with E-state index in [1.807, 2.05) is 17.9 Å². The highest BCUT2D eigenvalue weighted by atomic mass is 15.2. The summed E-state index contributed by atoms with van der Waals surface area (Å²) in [5.41, 5.74) is 1.40. The summed E-state index contributed by atoms with van der Waals surface area (Å²) in [6.45, 7) is 3.25. The lowest BCUT2D eigenvalue weighted by atomic mass is 9.77. The second-order valence-corrected chi connectivity index (χ2v) is 3.87. The number of nitrogens with zero attached hydrogens (tertiary/aromatic N) is 2. The van der Waals surface area contributed by atoms with Gasteiger partial charge in [0.2, 0.25) is 0 Å². The second kappa shape index (κ2) is 3.50. The van der Waals surface area contributed by atoms with E-state index in [0.717, 1.165) is 18.5 Å². The Morgan fingerprint density at radius 3 is 2.92 bits per heavy atom. The molecule has 72 valence electrons. The van der Waals surface area contributed by atoms with E-state index >= 15 is 0 Å². The van der Waals surface area contributed by atoms with Gasteiger partial charge in [-0.25, -0.2) is 0 Å². The third-order valence-electron chi connectivity index (χ3n) is 2.83. The molecule has 0 atom stereocenters. The van der Waals surface area contributed by atoms with Gasteiger partial charge in [0.05, 0.1) is 6.20 Å². The van der Waals surface area contributed by atoms with E-state index in [0.29, 0.717) is 0 Å². The highest BCUT2D eigenvalue weighted by molar-refractivity contribution is 5.16. The Hall–Kier alpha value is -0.830. The van der Waals surface area contributed by atoms with Gasteiger partial charge in [0.15, 0.2) is 0 Å². The molecule has 1 aliphatic rings. The summed E-state index contributed by atoms with van der Waals surface area (Å²) < 4.78 is 1.88. The summed E-state index contributed by atoms with van der Waals surface area (Å²) in [6.07, 6.45) is 6.68. The van der Waals surface area contributed by atoms with Gasteiger partial charge in [-0.15, -0.1) is 0 Å². The number of hydrogen-bond acceptors (Lipinski definition) is 2. The zero-order valence-corrected chi connectivity index (χ0v) is 8.33. The Balaban J connectivity index is 1.86. The average Bonchev–Trinajstić information content (AvgIpc) is 2.43. The summed E-state index contributed by atoms with van der Waals surface area (Å²) in [7, 11) is 1.98. The third kappa shape index (κ3) is 1.75.